The van der Waals surface area contributed by atoms with Gasteiger partial charge >= 0.3 is 0 Å². The molecule has 0 aliphatic carbocycles. The highest BCUT2D eigenvalue weighted by Crippen LogP contribution is 2.05. The van der Waals surface area contributed by atoms with Crippen LogP contribution in [0.4, 0.5) is 0 Å². The Morgan fingerprint density at radius 3 is 2.20 bits per heavy atom. The number of hydrogen-bond donors (Lipinski definition) is 0. The predicted octanol–water partition coefficient (Wildman–Crippen LogP) is 1.41. The van der Waals surface area contributed by atoms with Crippen molar-refractivity contribution >= 4 is 13.3 Å². The molecule has 1 heteroatoms. The summed E-state index contributed by atoms with van der Waals surface area (Å²) < 4.78 is 0. The lowest BCUT2D eigenvalue weighted by Gasteiger charge is -2.05. The number of hydrogen-bond acceptors (Lipinski definition) is 0. The van der Waals surface area contributed by atoms with Crippen molar-refractivity contribution in [3.63, 3.8) is 0 Å². The number of aryl methyl sites for hydroxylation is 2. The van der Waals surface area contributed by atoms with E-state index in [1.807, 2.05) is 13.0 Å². The highest BCUT2D eigenvalue weighted by Gasteiger charge is 1.95. The van der Waals surface area contributed by atoms with Gasteiger partial charge in [-0.15, -0.1) is 0 Å². The maximum absolute atomic E-state index is 5.72. The van der Waals surface area contributed by atoms with E-state index in [1.165, 1.54) is 16.7 Å². The molecule has 0 fully saturated rings. The summed E-state index contributed by atoms with van der Waals surface area (Å²) in [5, 5.41) is 0. The van der Waals surface area contributed by atoms with Crippen LogP contribution in [0.1, 0.15) is 16.7 Å². The van der Waals surface area contributed by atoms with Crippen LogP contribution in [0.5, 0.6) is 0 Å². The van der Waals surface area contributed by atoms with E-state index in [0.717, 1.165) is 5.46 Å². The fourth-order valence-corrected chi connectivity index (χ4v) is 1.07. The molecule has 0 nitrogen and oxygen atoms in total. The summed E-state index contributed by atoms with van der Waals surface area (Å²) in [4.78, 5) is 0. The summed E-state index contributed by atoms with van der Waals surface area (Å²) in [6.07, 6.45) is 0. The van der Waals surface area contributed by atoms with Gasteiger partial charge in [-0.25, -0.2) is 0 Å². The van der Waals surface area contributed by atoms with Crippen molar-refractivity contribution in [1.29, 1.82) is 0 Å². The zero-order valence-electron chi connectivity index (χ0n) is 6.73. The summed E-state index contributed by atoms with van der Waals surface area (Å²) in [5.74, 6) is 0. The highest BCUT2D eigenvalue weighted by atomic mass is 14.0. The van der Waals surface area contributed by atoms with Gasteiger partial charge in [0.1, 0.15) is 7.85 Å². The topological polar surface area (TPSA) is 0 Å². The first-order chi connectivity index (χ1) is 4.61. The van der Waals surface area contributed by atoms with Crippen molar-refractivity contribution in [3.8, 4) is 0 Å². The van der Waals surface area contributed by atoms with Crippen molar-refractivity contribution < 1.29 is 0 Å². The molecule has 0 aliphatic heterocycles. The predicted molar refractivity (Wildman–Crippen MR) is 46.0 cm³/mol. The standard InChI is InChI=1S/C9H11B/c1-6-4-7(2)8(3)9(10)5-6/h4-5H,1-3H3. The Hall–Kier alpha value is -0.715. The van der Waals surface area contributed by atoms with Crippen LogP contribution < -0.4 is 5.46 Å². The summed E-state index contributed by atoms with van der Waals surface area (Å²) in [6.45, 7) is 6.19. The van der Waals surface area contributed by atoms with Crippen molar-refractivity contribution in [1.82, 2.24) is 0 Å². The lowest BCUT2D eigenvalue weighted by Crippen LogP contribution is -2.08. The van der Waals surface area contributed by atoms with Crippen LogP contribution >= 0.6 is 0 Å². The molecule has 0 unspecified atom stereocenters. The molecule has 0 saturated carbocycles. The van der Waals surface area contributed by atoms with Crippen LogP contribution in [-0.4, -0.2) is 7.85 Å². The Balaban J connectivity index is 3.31. The molecule has 0 bridgehead atoms. The fraction of sp³-hybridized carbons (Fsp3) is 0.333. The monoisotopic (exact) mass is 130 g/mol. The van der Waals surface area contributed by atoms with Gasteiger partial charge < -0.3 is 0 Å². The first-order valence-electron chi connectivity index (χ1n) is 3.44. The molecule has 0 aromatic heterocycles. The van der Waals surface area contributed by atoms with Crippen LogP contribution in [0.2, 0.25) is 0 Å². The second kappa shape index (κ2) is 2.49. The van der Waals surface area contributed by atoms with Gasteiger partial charge in [-0.05, 0) is 26.3 Å². The molecule has 0 amide bonds. The summed E-state index contributed by atoms with van der Waals surface area (Å²) in [7, 11) is 5.72. The van der Waals surface area contributed by atoms with Crippen LogP contribution in [0.3, 0.4) is 0 Å². The largest absolute Gasteiger partial charge is 0.114 e. The quantitative estimate of drug-likeness (QED) is 0.465. The normalized spacial score (nSPS) is 9.90. The number of rotatable bonds is 0. The molecule has 10 heavy (non-hydrogen) atoms. The van der Waals surface area contributed by atoms with Gasteiger partial charge in [0.15, 0.2) is 0 Å². The van der Waals surface area contributed by atoms with Crippen molar-refractivity contribution in [3.05, 3.63) is 28.8 Å². The number of benzene rings is 1. The molecule has 50 valence electrons. The first kappa shape index (κ1) is 7.39. The average Bonchev–Trinajstić information content (AvgIpc) is 1.82. The molecule has 0 N–H and O–H groups in total. The van der Waals surface area contributed by atoms with E-state index in [1.54, 1.807) is 0 Å². The maximum atomic E-state index is 5.72. The van der Waals surface area contributed by atoms with Gasteiger partial charge in [0, 0.05) is 0 Å². The van der Waals surface area contributed by atoms with Crippen molar-refractivity contribution in [2.24, 2.45) is 0 Å². The minimum absolute atomic E-state index is 0.900. The van der Waals surface area contributed by atoms with Gasteiger partial charge in [0.2, 0.25) is 0 Å². The van der Waals surface area contributed by atoms with Crippen LogP contribution in [-0.2, 0) is 0 Å². The molecule has 0 aliphatic rings. The summed E-state index contributed by atoms with van der Waals surface area (Å²) in [5.41, 5.74) is 4.61. The smallest absolute Gasteiger partial charge is 0.0933 e. The Morgan fingerprint density at radius 2 is 1.70 bits per heavy atom. The van der Waals surface area contributed by atoms with Gasteiger partial charge in [-0.3, -0.25) is 0 Å². The van der Waals surface area contributed by atoms with E-state index in [-0.39, 0.29) is 0 Å². The van der Waals surface area contributed by atoms with Crippen LogP contribution in [0.15, 0.2) is 12.1 Å². The zero-order chi connectivity index (χ0) is 7.72. The molecule has 1 rings (SSSR count). The Labute approximate surface area is 63.7 Å². The van der Waals surface area contributed by atoms with E-state index in [9.17, 15) is 0 Å². The van der Waals surface area contributed by atoms with Crippen LogP contribution in [0.25, 0.3) is 0 Å². The minimum Gasteiger partial charge on any atom is -0.0933 e. The Morgan fingerprint density at radius 1 is 1.10 bits per heavy atom. The van der Waals surface area contributed by atoms with Crippen molar-refractivity contribution in [2.75, 3.05) is 0 Å². The molecule has 1 aromatic carbocycles. The summed E-state index contributed by atoms with van der Waals surface area (Å²) in [6, 6.07) is 4.15. The van der Waals surface area contributed by atoms with Gasteiger partial charge in [-0.1, -0.05) is 28.7 Å². The highest BCUT2D eigenvalue weighted by molar-refractivity contribution is 6.33. The lowest BCUT2D eigenvalue weighted by atomic mass is 9.87. The molecule has 1 aromatic rings. The summed E-state index contributed by atoms with van der Waals surface area (Å²) >= 11 is 0. The zero-order valence-corrected chi connectivity index (χ0v) is 6.73. The SMILES string of the molecule is [B]c1cc(C)cc(C)c1C. The second-order valence-corrected chi connectivity index (χ2v) is 2.80. The van der Waals surface area contributed by atoms with E-state index < -0.39 is 0 Å². The third-order valence-electron chi connectivity index (χ3n) is 1.85. The minimum atomic E-state index is 0.900. The van der Waals surface area contributed by atoms with Gasteiger partial charge in [0.25, 0.3) is 0 Å². The van der Waals surface area contributed by atoms with Gasteiger partial charge in [-0.2, -0.15) is 0 Å². The average molecular weight is 130 g/mol. The van der Waals surface area contributed by atoms with E-state index >= 15 is 0 Å². The van der Waals surface area contributed by atoms with Crippen LogP contribution in [0, 0.1) is 20.8 Å². The van der Waals surface area contributed by atoms with Gasteiger partial charge in [0.05, 0.1) is 0 Å². The molecule has 0 heterocycles. The molecule has 0 spiro atoms. The van der Waals surface area contributed by atoms with E-state index in [2.05, 4.69) is 19.9 Å². The molecular weight excluding hydrogens is 119 g/mol. The maximum Gasteiger partial charge on any atom is 0.114 e. The lowest BCUT2D eigenvalue weighted by molar-refractivity contribution is 1.32. The Kier molecular flexibility index (Phi) is 1.84. The molecular formula is C9H11B. The van der Waals surface area contributed by atoms with E-state index in [0.29, 0.717) is 0 Å². The first-order valence-corrected chi connectivity index (χ1v) is 3.44. The van der Waals surface area contributed by atoms with E-state index in [4.69, 9.17) is 7.85 Å². The fourth-order valence-electron chi connectivity index (χ4n) is 1.07. The Bertz CT molecular complexity index is 228. The molecule has 0 saturated heterocycles. The third kappa shape index (κ3) is 1.23. The third-order valence-corrected chi connectivity index (χ3v) is 1.85. The molecule has 0 atom stereocenters. The second-order valence-electron chi connectivity index (χ2n) is 2.80. The molecule has 2 radical (unpaired) electrons. The van der Waals surface area contributed by atoms with Crippen molar-refractivity contribution in [2.45, 2.75) is 20.8 Å².